The highest BCUT2D eigenvalue weighted by Gasteiger charge is 2.08. The fourth-order valence-electron chi connectivity index (χ4n) is 3.49. The van der Waals surface area contributed by atoms with Gasteiger partial charge in [0, 0.05) is 36.1 Å². The number of anilines is 2. The third kappa shape index (κ3) is 5.94. The maximum absolute atomic E-state index is 5.77. The lowest BCUT2D eigenvalue weighted by atomic mass is 10.0. The van der Waals surface area contributed by atoms with Crippen molar-refractivity contribution in [2.24, 2.45) is 0 Å². The first-order valence-electron chi connectivity index (χ1n) is 10.8. The molecule has 3 aromatic rings. The Balaban J connectivity index is 1.83. The molecule has 0 saturated heterocycles. The molecule has 0 saturated carbocycles. The topological polar surface area (TPSA) is 47.7 Å². The van der Waals surface area contributed by atoms with Gasteiger partial charge in [-0.2, -0.15) is 0 Å². The van der Waals surface area contributed by atoms with Gasteiger partial charge in [0.1, 0.15) is 11.5 Å². The zero-order valence-electron chi connectivity index (χ0n) is 19.3. The Morgan fingerprint density at radius 1 is 0.750 bits per heavy atom. The molecule has 0 aliphatic heterocycles. The Kier molecular flexibility index (Phi) is 7.98. The van der Waals surface area contributed by atoms with Gasteiger partial charge in [0.2, 0.25) is 0 Å². The van der Waals surface area contributed by atoms with Crippen molar-refractivity contribution in [3.8, 4) is 11.5 Å². The molecule has 3 rings (SSSR count). The van der Waals surface area contributed by atoms with Gasteiger partial charge in [-0.25, -0.2) is 0 Å². The Hall–Kier alpha value is -3.66. The number of hydrogen-bond acceptors (Lipinski definition) is 4. The lowest BCUT2D eigenvalue weighted by molar-refractivity contribution is 0.401. The van der Waals surface area contributed by atoms with Crippen molar-refractivity contribution in [1.29, 1.82) is 0 Å². The summed E-state index contributed by atoms with van der Waals surface area (Å²) >= 11 is 0. The Morgan fingerprint density at radius 2 is 1.22 bits per heavy atom. The summed E-state index contributed by atoms with van der Waals surface area (Å²) in [6.45, 7) is 3.24. The predicted octanol–water partition coefficient (Wildman–Crippen LogP) is 6.47. The maximum atomic E-state index is 5.77. The highest BCUT2D eigenvalue weighted by molar-refractivity contribution is 5.79. The van der Waals surface area contributed by atoms with Crippen molar-refractivity contribution in [2.45, 2.75) is 13.3 Å². The maximum Gasteiger partial charge on any atom is 0.126 e. The minimum absolute atomic E-state index is 0.750. The molecule has 0 radical (unpaired) electrons. The fourth-order valence-corrected chi connectivity index (χ4v) is 3.49. The second-order valence-electron chi connectivity index (χ2n) is 7.68. The molecule has 4 nitrogen and oxygen atoms in total. The van der Waals surface area contributed by atoms with Crippen molar-refractivity contribution in [3.05, 3.63) is 82.9 Å². The van der Waals surface area contributed by atoms with Crippen LogP contribution in [0, 0.1) is 0 Å². The van der Waals surface area contributed by atoms with E-state index in [1.165, 1.54) is 5.69 Å². The van der Waals surface area contributed by atoms with Crippen molar-refractivity contribution in [3.63, 3.8) is 0 Å². The largest absolute Gasteiger partial charge is 0.496 e. The van der Waals surface area contributed by atoms with Crippen molar-refractivity contribution >= 4 is 35.7 Å². The van der Waals surface area contributed by atoms with Gasteiger partial charge in [0.25, 0.3) is 0 Å². The summed E-state index contributed by atoms with van der Waals surface area (Å²) in [5.41, 5.74) is 11.8. The SMILES string of the molecule is CCCN(C)c1ccc(/C=C/c2cc(OC)c(/C=C/c3ccc(N)cc3)cc2OC)cc1. The highest BCUT2D eigenvalue weighted by Crippen LogP contribution is 2.32. The van der Waals surface area contributed by atoms with E-state index in [1.54, 1.807) is 14.2 Å². The van der Waals surface area contributed by atoms with E-state index < -0.39 is 0 Å². The van der Waals surface area contributed by atoms with Crippen LogP contribution in [0.3, 0.4) is 0 Å². The minimum atomic E-state index is 0.750. The van der Waals surface area contributed by atoms with Gasteiger partial charge in [-0.3, -0.25) is 0 Å². The molecule has 0 heterocycles. The first-order chi connectivity index (χ1) is 15.5. The first kappa shape index (κ1) is 23.0. The van der Waals surface area contributed by atoms with Gasteiger partial charge in [-0.15, -0.1) is 0 Å². The molecule has 2 N–H and O–H groups in total. The number of rotatable bonds is 9. The van der Waals surface area contributed by atoms with Gasteiger partial charge in [0.05, 0.1) is 14.2 Å². The number of nitrogen functional groups attached to an aromatic ring is 1. The van der Waals surface area contributed by atoms with E-state index in [4.69, 9.17) is 15.2 Å². The van der Waals surface area contributed by atoms with Crippen molar-refractivity contribution in [1.82, 2.24) is 0 Å². The van der Waals surface area contributed by atoms with E-state index in [2.05, 4.69) is 55.3 Å². The normalized spacial score (nSPS) is 11.2. The molecule has 4 heteroatoms. The summed E-state index contributed by atoms with van der Waals surface area (Å²) in [6, 6.07) is 20.3. The third-order valence-electron chi connectivity index (χ3n) is 5.32. The summed E-state index contributed by atoms with van der Waals surface area (Å²) in [4.78, 5) is 2.26. The van der Waals surface area contributed by atoms with E-state index in [-0.39, 0.29) is 0 Å². The number of nitrogens with two attached hydrogens (primary N) is 1. The Labute approximate surface area is 191 Å². The molecule has 0 bridgehead atoms. The molecule has 0 unspecified atom stereocenters. The van der Waals surface area contributed by atoms with Gasteiger partial charge in [-0.05, 0) is 53.9 Å². The molecule has 0 aromatic heterocycles. The zero-order chi connectivity index (χ0) is 22.9. The Morgan fingerprint density at radius 3 is 1.66 bits per heavy atom. The quantitative estimate of drug-likeness (QED) is 0.313. The molecule has 0 amide bonds. The van der Waals surface area contributed by atoms with Crippen LogP contribution in [0.25, 0.3) is 24.3 Å². The molecule has 166 valence electrons. The van der Waals surface area contributed by atoms with Crippen LogP contribution in [-0.4, -0.2) is 27.8 Å². The molecule has 3 aromatic carbocycles. The number of ether oxygens (including phenoxy) is 2. The predicted molar refractivity (Wildman–Crippen MR) is 138 cm³/mol. The number of nitrogens with zero attached hydrogens (tertiary/aromatic N) is 1. The third-order valence-corrected chi connectivity index (χ3v) is 5.32. The van der Waals surface area contributed by atoms with Gasteiger partial charge in [0.15, 0.2) is 0 Å². The van der Waals surface area contributed by atoms with Crippen LogP contribution in [0.5, 0.6) is 11.5 Å². The number of benzene rings is 3. The minimum Gasteiger partial charge on any atom is -0.496 e. The van der Waals surface area contributed by atoms with E-state index in [0.29, 0.717) is 0 Å². The van der Waals surface area contributed by atoms with Crippen LogP contribution >= 0.6 is 0 Å². The summed E-state index contributed by atoms with van der Waals surface area (Å²) in [6.07, 6.45) is 9.32. The van der Waals surface area contributed by atoms with Crippen molar-refractivity contribution in [2.75, 3.05) is 38.4 Å². The van der Waals surface area contributed by atoms with Gasteiger partial charge < -0.3 is 20.1 Å². The molecule has 0 fully saturated rings. The number of methoxy groups -OCH3 is 2. The summed E-state index contributed by atoms with van der Waals surface area (Å²) < 4.78 is 11.3. The van der Waals surface area contributed by atoms with Crippen LogP contribution in [0.2, 0.25) is 0 Å². The molecule has 0 spiro atoms. The van der Waals surface area contributed by atoms with Crippen LogP contribution in [0.4, 0.5) is 11.4 Å². The van der Waals surface area contributed by atoms with Crippen LogP contribution < -0.4 is 20.1 Å². The highest BCUT2D eigenvalue weighted by atomic mass is 16.5. The molecule has 32 heavy (non-hydrogen) atoms. The summed E-state index contributed by atoms with van der Waals surface area (Å²) in [7, 11) is 5.49. The standard InChI is InChI=1S/C28H32N2O2/c1-5-18-30(2)26-16-10-22(11-17-26)7-13-24-20-27(31-3)23(19-28(24)32-4)12-6-21-8-14-25(29)15-9-21/h6-17,19-20H,5,18,29H2,1-4H3/b12-6+,13-7+. The lowest BCUT2D eigenvalue weighted by Gasteiger charge is -2.18. The van der Waals surface area contributed by atoms with Crippen LogP contribution in [-0.2, 0) is 0 Å². The second-order valence-corrected chi connectivity index (χ2v) is 7.68. The average molecular weight is 429 g/mol. The van der Waals surface area contributed by atoms with Gasteiger partial charge in [-0.1, -0.05) is 55.5 Å². The lowest BCUT2D eigenvalue weighted by Crippen LogP contribution is -2.17. The van der Waals surface area contributed by atoms with E-state index in [9.17, 15) is 0 Å². The summed E-state index contributed by atoms with van der Waals surface area (Å²) in [5.74, 6) is 1.58. The first-order valence-corrected chi connectivity index (χ1v) is 10.8. The van der Waals surface area contributed by atoms with Crippen LogP contribution in [0.1, 0.15) is 35.6 Å². The van der Waals surface area contributed by atoms with E-state index in [0.717, 1.165) is 52.4 Å². The number of hydrogen-bond donors (Lipinski definition) is 1. The fraction of sp³-hybridized carbons (Fsp3) is 0.214. The summed E-state index contributed by atoms with van der Waals surface area (Å²) in [5, 5.41) is 0. The molecule has 0 atom stereocenters. The molecule has 0 aliphatic rings. The zero-order valence-corrected chi connectivity index (χ0v) is 19.3. The molecular formula is C28H32N2O2. The smallest absolute Gasteiger partial charge is 0.126 e. The van der Waals surface area contributed by atoms with Gasteiger partial charge >= 0.3 is 0 Å². The van der Waals surface area contributed by atoms with Crippen molar-refractivity contribution < 1.29 is 9.47 Å². The van der Waals surface area contributed by atoms with Crippen LogP contribution in [0.15, 0.2) is 60.7 Å². The second kappa shape index (κ2) is 11.1. The molecule has 0 aliphatic carbocycles. The van der Waals surface area contributed by atoms with E-state index >= 15 is 0 Å². The monoisotopic (exact) mass is 428 g/mol. The average Bonchev–Trinajstić information content (AvgIpc) is 2.82. The van der Waals surface area contributed by atoms with E-state index in [1.807, 2.05) is 48.6 Å². The Bertz CT molecular complexity index is 1070. The molecular weight excluding hydrogens is 396 g/mol.